The molecule has 1 heterocycles. The van der Waals surface area contributed by atoms with Crippen molar-refractivity contribution >= 4 is 23.4 Å². The van der Waals surface area contributed by atoms with Gasteiger partial charge in [0.15, 0.2) is 17.5 Å². The first-order valence-corrected chi connectivity index (χ1v) is 7.95. The van der Waals surface area contributed by atoms with Crippen LogP contribution in [0.25, 0.3) is 11.4 Å². The summed E-state index contributed by atoms with van der Waals surface area (Å²) in [5.74, 6) is 4.82. The molecular weight excluding hydrogens is 342 g/mol. The van der Waals surface area contributed by atoms with Gasteiger partial charge >= 0.3 is 0 Å². The second kappa shape index (κ2) is 6.55. The Morgan fingerprint density at radius 2 is 1.87 bits per heavy atom. The molecule has 4 nitrogen and oxygen atoms in total. The standard InChI is InChI=1S/C15H11ClF2N4S/c16-11-6-2-1-5-10(11)14-20-21-15(22(14)19)23-8-9-4-3-7-12(17)13(9)18/h1-7H,8,19H2. The maximum atomic E-state index is 13.6. The first-order chi connectivity index (χ1) is 11.1. The van der Waals surface area contributed by atoms with Crippen LogP contribution in [0.1, 0.15) is 5.56 Å². The summed E-state index contributed by atoms with van der Waals surface area (Å²) in [6, 6.07) is 11.1. The molecule has 0 aliphatic rings. The monoisotopic (exact) mass is 352 g/mol. The van der Waals surface area contributed by atoms with Crippen molar-refractivity contribution in [3.8, 4) is 11.4 Å². The van der Waals surface area contributed by atoms with E-state index in [4.69, 9.17) is 17.4 Å². The van der Waals surface area contributed by atoms with E-state index in [0.29, 0.717) is 21.6 Å². The van der Waals surface area contributed by atoms with Crippen LogP contribution in [0, 0.1) is 11.6 Å². The molecule has 0 bridgehead atoms. The SMILES string of the molecule is Nn1c(SCc2cccc(F)c2F)nnc1-c1ccccc1Cl. The zero-order chi connectivity index (χ0) is 16.4. The fourth-order valence-corrected chi connectivity index (χ4v) is 3.06. The third-order valence-electron chi connectivity index (χ3n) is 3.17. The number of nitrogens with two attached hydrogens (primary N) is 1. The second-order valence-electron chi connectivity index (χ2n) is 4.66. The first kappa shape index (κ1) is 15.8. The van der Waals surface area contributed by atoms with Crippen molar-refractivity contribution in [3.05, 3.63) is 64.7 Å². The van der Waals surface area contributed by atoms with Gasteiger partial charge in [-0.1, -0.05) is 47.6 Å². The number of nitrogens with zero attached hydrogens (tertiary/aromatic N) is 3. The Balaban J connectivity index is 1.83. The molecule has 118 valence electrons. The van der Waals surface area contributed by atoms with Crippen LogP contribution in [0.5, 0.6) is 0 Å². The van der Waals surface area contributed by atoms with Crippen LogP contribution in [0.2, 0.25) is 5.02 Å². The Labute approximate surface area is 140 Å². The molecule has 0 aliphatic heterocycles. The van der Waals surface area contributed by atoms with Crippen molar-refractivity contribution in [2.75, 3.05) is 5.84 Å². The molecule has 23 heavy (non-hydrogen) atoms. The minimum atomic E-state index is -0.880. The van der Waals surface area contributed by atoms with Crippen LogP contribution in [-0.4, -0.2) is 14.9 Å². The van der Waals surface area contributed by atoms with Crippen molar-refractivity contribution in [2.24, 2.45) is 0 Å². The quantitative estimate of drug-likeness (QED) is 0.572. The molecule has 0 saturated heterocycles. The summed E-state index contributed by atoms with van der Waals surface area (Å²) in [5.41, 5.74) is 0.880. The van der Waals surface area contributed by atoms with Gasteiger partial charge in [-0.2, -0.15) is 0 Å². The van der Waals surface area contributed by atoms with E-state index in [2.05, 4.69) is 10.2 Å². The number of thioether (sulfide) groups is 1. The zero-order valence-corrected chi connectivity index (χ0v) is 13.3. The molecule has 3 aromatic rings. The largest absolute Gasteiger partial charge is 0.335 e. The summed E-state index contributed by atoms with van der Waals surface area (Å²) in [4.78, 5) is 0. The molecule has 0 aliphatic carbocycles. The molecule has 0 saturated carbocycles. The van der Waals surface area contributed by atoms with Crippen LogP contribution in [0.15, 0.2) is 47.6 Å². The van der Waals surface area contributed by atoms with Gasteiger partial charge in [0.05, 0.1) is 5.02 Å². The lowest BCUT2D eigenvalue weighted by atomic mass is 10.2. The molecule has 3 rings (SSSR count). The predicted molar refractivity (Wildman–Crippen MR) is 86.5 cm³/mol. The van der Waals surface area contributed by atoms with Crippen LogP contribution < -0.4 is 5.84 Å². The van der Waals surface area contributed by atoms with Crippen molar-refractivity contribution in [1.29, 1.82) is 0 Å². The van der Waals surface area contributed by atoms with Gasteiger partial charge in [0.1, 0.15) is 0 Å². The predicted octanol–water partition coefficient (Wildman–Crippen LogP) is 3.88. The topological polar surface area (TPSA) is 56.7 Å². The highest BCUT2D eigenvalue weighted by Crippen LogP contribution is 2.29. The number of aromatic nitrogens is 3. The van der Waals surface area contributed by atoms with Gasteiger partial charge in [0, 0.05) is 16.9 Å². The maximum absolute atomic E-state index is 13.6. The zero-order valence-electron chi connectivity index (χ0n) is 11.7. The molecule has 2 aromatic carbocycles. The molecule has 1 aromatic heterocycles. The molecule has 8 heteroatoms. The lowest BCUT2D eigenvalue weighted by molar-refractivity contribution is 0.502. The summed E-state index contributed by atoms with van der Waals surface area (Å²) in [5, 5.41) is 8.87. The summed E-state index contributed by atoms with van der Waals surface area (Å²) in [7, 11) is 0. The fourth-order valence-electron chi connectivity index (χ4n) is 2.00. The Bertz CT molecular complexity index is 853. The van der Waals surface area contributed by atoms with E-state index in [0.717, 1.165) is 17.8 Å². The fraction of sp³-hybridized carbons (Fsp3) is 0.0667. The molecule has 0 radical (unpaired) electrons. The average Bonchev–Trinajstić information content (AvgIpc) is 2.90. The molecule has 2 N–H and O–H groups in total. The number of rotatable bonds is 4. The molecule has 0 unspecified atom stereocenters. The lowest BCUT2D eigenvalue weighted by Gasteiger charge is -2.06. The average molecular weight is 353 g/mol. The van der Waals surface area contributed by atoms with Gasteiger partial charge in [-0.3, -0.25) is 0 Å². The lowest BCUT2D eigenvalue weighted by Crippen LogP contribution is -2.11. The van der Waals surface area contributed by atoms with Gasteiger partial charge in [-0.05, 0) is 18.2 Å². The minimum Gasteiger partial charge on any atom is -0.335 e. The van der Waals surface area contributed by atoms with Crippen molar-refractivity contribution in [2.45, 2.75) is 10.9 Å². The molecule has 0 spiro atoms. The summed E-state index contributed by atoms with van der Waals surface area (Å²) < 4.78 is 28.1. The summed E-state index contributed by atoms with van der Waals surface area (Å²) in [6.07, 6.45) is 0. The third-order valence-corrected chi connectivity index (χ3v) is 4.49. The Hall–Kier alpha value is -2.12. The highest BCUT2D eigenvalue weighted by Gasteiger charge is 2.15. The van der Waals surface area contributed by atoms with E-state index in [-0.39, 0.29) is 11.3 Å². The van der Waals surface area contributed by atoms with Gasteiger partial charge in [0.2, 0.25) is 5.16 Å². The van der Waals surface area contributed by atoms with Gasteiger partial charge in [-0.25, -0.2) is 13.5 Å². The molecular formula is C15H11ClF2N4S. The van der Waals surface area contributed by atoms with E-state index in [1.54, 1.807) is 18.2 Å². The van der Waals surface area contributed by atoms with Crippen LogP contribution >= 0.6 is 23.4 Å². The van der Waals surface area contributed by atoms with E-state index >= 15 is 0 Å². The van der Waals surface area contributed by atoms with E-state index < -0.39 is 11.6 Å². The Morgan fingerprint density at radius 1 is 1.09 bits per heavy atom. The number of hydrogen-bond donors (Lipinski definition) is 1. The molecule has 0 atom stereocenters. The Kier molecular flexibility index (Phi) is 4.49. The highest BCUT2D eigenvalue weighted by atomic mass is 35.5. The first-order valence-electron chi connectivity index (χ1n) is 6.59. The molecule has 0 fully saturated rings. The van der Waals surface area contributed by atoms with Crippen molar-refractivity contribution in [1.82, 2.24) is 14.9 Å². The number of halogens is 3. The van der Waals surface area contributed by atoms with Crippen molar-refractivity contribution < 1.29 is 8.78 Å². The van der Waals surface area contributed by atoms with Crippen LogP contribution in [0.3, 0.4) is 0 Å². The summed E-state index contributed by atoms with van der Waals surface area (Å²) in [6.45, 7) is 0. The highest BCUT2D eigenvalue weighted by molar-refractivity contribution is 7.98. The van der Waals surface area contributed by atoms with E-state index in [1.165, 1.54) is 16.8 Å². The van der Waals surface area contributed by atoms with Gasteiger partial charge in [-0.15, -0.1) is 10.2 Å². The van der Waals surface area contributed by atoms with Crippen molar-refractivity contribution in [3.63, 3.8) is 0 Å². The Morgan fingerprint density at radius 3 is 2.65 bits per heavy atom. The minimum absolute atomic E-state index is 0.182. The number of hydrogen-bond acceptors (Lipinski definition) is 4. The normalized spacial score (nSPS) is 10.9. The molecule has 0 amide bonds. The maximum Gasteiger partial charge on any atom is 0.210 e. The third kappa shape index (κ3) is 3.16. The number of benzene rings is 2. The second-order valence-corrected chi connectivity index (χ2v) is 6.01. The van der Waals surface area contributed by atoms with E-state index in [1.807, 2.05) is 6.07 Å². The van der Waals surface area contributed by atoms with Gasteiger partial charge in [0.25, 0.3) is 0 Å². The van der Waals surface area contributed by atoms with E-state index in [9.17, 15) is 8.78 Å². The smallest absolute Gasteiger partial charge is 0.210 e. The van der Waals surface area contributed by atoms with Crippen LogP contribution in [-0.2, 0) is 5.75 Å². The van der Waals surface area contributed by atoms with Gasteiger partial charge < -0.3 is 5.84 Å². The van der Waals surface area contributed by atoms with Crippen LogP contribution in [0.4, 0.5) is 8.78 Å². The summed E-state index contributed by atoms with van der Waals surface area (Å²) >= 11 is 7.28. The number of nitrogen functional groups attached to an aromatic ring is 1.